The van der Waals surface area contributed by atoms with Crippen LogP contribution in [0.1, 0.15) is 6.92 Å². The monoisotopic (exact) mass is 296 g/mol. The molecule has 0 fully saturated rings. The molecule has 0 saturated heterocycles. The van der Waals surface area contributed by atoms with E-state index in [1.165, 1.54) is 26.5 Å². The standard InChI is InChI=1S/C18H16S2/c1-2-19-18-17(15-11-7-4-8-12-15)16(13-20-18)14-9-5-3-6-10-14/h3-13H,2H2,1H3. The predicted octanol–water partition coefficient (Wildman–Crippen LogP) is 6.19. The van der Waals surface area contributed by atoms with Crippen molar-refractivity contribution in [2.45, 2.75) is 11.1 Å². The zero-order chi connectivity index (χ0) is 13.8. The van der Waals surface area contributed by atoms with Crippen LogP contribution in [-0.2, 0) is 0 Å². The van der Waals surface area contributed by atoms with E-state index in [-0.39, 0.29) is 0 Å². The molecule has 0 aliphatic carbocycles. The van der Waals surface area contributed by atoms with Gasteiger partial charge < -0.3 is 0 Å². The van der Waals surface area contributed by atoms with Crippen molar-refractivity contribution in [1.29, 1.82) is 0 Å². The highest BCUT2D eigenvalue weighted by molar-refractivity contribution is 8.01. The van der Waals surface area contributed by atoms with E-state index in [1.54, 1.807) is 0 Å². The summed E-state index contributed by atoms with van der Waals surface area (Å²) in [5.41, 5.74) is 5.33. The van der Waals surface area contributed by atoms with Gasteiger partial charge >= 0.3 is 0 Å². The molecule has 0 unspecified atom stereocenters. The molecule has 0 bridgehead atoms. The molecule has 0 spiro atoms. The van der Waals surface area contributed by atoms with E-state index in [1.807, 2.05) is 23.1 Å². The largest absolute Gasteiger partial charge is 0.136 e. The molecule has 0 nitrogen and oxygen atoms in total. The number of hydrogen-bond acceptors (Lipinski definition) is 2. The lowest BCUT2D eigenvalue weighted by atomic mass is 9.99. The minimum Gasteiger partial charge on any atom is -0.136 e. The van der Waals surface area contributed by atoms with Crippen LogP contribution in [0.15, 0.2) is 70.3 Å². The first-order chi connectivity index (χ1) is 9.90. The molecule has 0 N–H and O–H groups in total. The topological polar surface area (TPSA) is 0 Å². The third-order valence-corrected chi connectivity index (χ3v) is 5.35. The molecule has 1 heterocycles. The summed E-state index contributed by atoms with van der Waals surface area (Å²) >= 11 is 3.78. The molecule has 0 aliphatic heterocycles. The van der Waals surface area contributed by atoms with E-state index in [4.69, 9.17) is 0 Å². The molecule has 0 saturated carbocycles. The highest BCUT2D eigenvalue weighted by Gasteiger charge is 2.14. The fourth-order valence-electron chi connectivity index (χ4n) is 2.29. The molecule has 0 atom stereocenters. The molecule has 1 aromatic heterocycles. The third-order valence-electron chi connectivity index (χ3n) is 3.18. The van der Waals surface area contributed by atoms with Crippen molar-refractivity contribution in [2.75, 3.05) is 5.75 Å². The first-order valence-corrected chi connectivity index (χ1v) is 8.62. The Bertz CT molecular complexity index is 669. The molecule has 2 aromatic carbocycles. The quantitative estimate of drug-likeness (QED) is 0.517. The molecule has 2 heteroatoms. The minimum atomic E-state index is 1.11. The van der Waals surface area contributed by atoms with Gasteiger partial charge in [-0.2, -0.15) is 0 Å². The first kappa shape index (κ1) is 13.5. The second-order valence-corrected chi connectivity index (χ2v) is 6.89. The summed E-state index contributed by atoms with van der Waals surface area (Å²) in [4.78, 5) is 0. The molecule has 3 aromatic rings. The number of rotatable bonds is 4. The summed E-state index contributed by atoms with van der Waals surface area (Å²) in [5.74, 6) is 1.11. The lowest BCUT2D eigenvalue weighted by Gasteiger charge is -2.07. The number of thioether (sulfide) groups is 1. The smallest absolute Gasteiger partial charge is 0.0683 e. The van der Waals surface area contributed by atoms with E-state index < -0.39 is 0 Å². The van der Waals surface area contributed by atoms with Gasteiger partial charge in [0.05, 0.1) is 4.21 Å². The van der Waals surface area contributed by atoms with Gasteiger partial charge in [0, 0.05) is 16.5 Å². The summed E-state index contributed by atoms with van der Waals surface area (Å²) in [6, 6.07) is 21.4. The Morgan fingerprint density at radius 2 is 1.45 bits per heavy atom. The summed E-state index contributed by atoms with van der Waals surface area (Å²) < 4.78 is 1.41. The molecular weight excluding hydrogens is 280 g/mol. The Hall–Kier alpha value is -1.51. The van der Waals surface area contributed by atoms with E-state index in [0.717, 1.165) is 5.75 Å². The molecule has 0 aliphatic rings. The summed E-state index contributed by atoms with van der Waals surface area (Å²) in [5, 5.41) is 2.29. The Morgan fingerprint density at radius 3 is 2.05 bits per heavy atom. The van der Waals surface area contributed by atoms with Crippen LogP contribution in [-0.4, -0.2) is 5.75 Å². The van der Waals surface area contributed by atoms with Crippen molar-refractivity contribution in [3.63, 3.8) is 0 Å². The van der Waals surface area contributed by atoms with Crippen LogP contribution in [0.4, 0.5) is 0 Å². The van der Waals surface area contributed by atoms with Gasteiger partial charge in [0.1, 0.15) is 0 Å². The Labute approximate surface area is 128 Å². The Balaban J connectivity index is 2.17. The van der Waals surface area contributed by atoms with E-state index in [0.29, 0.717) is 0 Å². The fourth-order valence-corrected chi connectivity index (χ4v) is 4.51. The molecule has 0 amide bonds. The molecular formula is C18H16S2. The second-order valence-electron chi connectivity index (χ2n) is 4.48. The number of thiophene rings is 1. The average Bonchev–Trinajstić information content (AvgIpc) is 2.93. The van der Waals surface area contributed by atoms with Gasteiger partial charge in [-0.3, -0.25) is 0 Å². The van der Waals surface area contributed by atoms with Crippen LogP contribution >= 0.6 is 23.1 Å². The van der Waals surface area contributed by atoms with Crippen molar-refractivity contribution in [2.24, 2.45) is 0 Å². The van der Waals surface area contributed by atoms with Crippen molar-refractivity contribution in [3.8, 4) is 22.3 Å². The summed E-state index contributed by atoms with van der Waals surface area (Å²) in [7, 11) is 0. The van der Waals surface area contributed by atoms with Crippen LogP contribution in [0, 0.1) is 0 Å². The Kier molecular flexibility index (Phi) is 4.24. The van der Waals surface area contributed by atoms with Crippen LogP contribution in [0.3, 0.4) is 0 Å². The van der Waals surface area contributed by atoms with E-state index >= 15 is 0 Å². The molecule has 3 rings (SSSR count). The fraction of sp³-hybridized carbons (Fsp3) is 0.111. The SMILES string of the molecule is CCSc1scc(-c2ccccc2)c1-c1ccccc1. The van der Waals surface area contributed by atoms with Gasteiger partial charge in [-0.15, -0.1) is 23.1 Å². The van der Waals surface area contributed by atoms with Gasteiger partial charge in [-0.05, 0) is 16.9 Å². The van der Waals surface area contributed by atoms with Crippen molar-refractivity contribution >= 4 is 23.1 Å². The highest BCUT2D eigenvalue weighted by atomic mass is 32.2. The van der Waals surface area contributed by atoms with Crippen LogP contribution < -0.4 is 0 Å². The van der Waals surface area contributed by atoms with Gasteiger partial charge in [-0.1, -0.05) is 67.6 Å². The van der Waals surface area contributed by atoms with Crippen LogP contribution in [0.2, 0.25) is 0 Å². The lowest BCUT2D eigenvalue weighted by molar-refractivity contribution is 1.50. The maximum atomic E-state index is 2.29. The third kappa shape index (κ3) is 2.67. The van der Waals surface area contributed by atoms with Gasteiger partial charge in [0.25, 0.3) is 0 Å². The summed E-state index contributed by atoms with van der Waals surface area (Å²) in [6.07, 6.45) is 0. The minimum absolute atomic E-state index is 1.11. The first-order valence-electron chi connectivity index (χ1n) is 6.75. The van der Waals surface area contributed by atoms with Gasteiger partial charge in [0.15, 0.2) is 0 Å². The predicted molar refractivity (Wildman–Crippen MR) is 91.6 cm³/mol. The van der Waals surface area contributed by atoms with Gasteiger partial charge in [-0.25, -0.2) is 0 Å². The van der Waals surface area contributed by atoms with Crippen LogP contribution in [0.25, 0.3) is 22.3 Å². The second kappa shape index (κ2) is 6.29. The molecule has 0 radical (unpaired) electrons. The molecule has 100 valence electrons. The maximum Gasteiger partial charge on any atom is 0.0683 e. The van der Waals surface area contributed by atoms with Gasteiger partial charge in [0.2, 0.25) is 0 Å². The van der Waals surface area contributed by atoms with Crippen molar-refractivity contribution < 1.29 is 0 Å². The number of hydrogen-bond donors (Lipinski definition) is 0. The average molecular weight is 296 g/mol. The lowest BCUT2D eigenvalue weighted by Crippen LogP contribution is -1.82. The van der Waals surface area contributed by atoms with E-state index in [9.17, 15) is 0 Å². The normalized spacial score (nSPS) is 10.7. The maximum absolute atomic E-state index is 2.29. The highest BCUT2D eigenvalue weighted by Crippen LogP contribution is 2.44. The Morgan fingerprint density at radius 1 is 0.850 bits per heavy atom. The zero-order valence-electron chi connectivity index (χ0n) is 11.4. The van der Waals surface area contributed by atoms with Crippen LogP contribution in [0.5, 0.6) is 0 Å². The van der Waals surface area contributed by atoms with E-state index in [2.05, 4.69) is 73.0 Å². The number of benzene rings is 2. The zero-order valence-corrected chi connectivity index (χ0v) is 13.0. The molecule has 20 heavy (non-hydrogen) atoms. The van der Waals surface area contributed by atoms with Crippen molar-refractivity contribution in [3.05, 3.63) is 66.0 Å². The van der Waals surface area contributed by atoms with Crippen molar-refractivity contribution in [1.82, 2.24) is 0 Å². The summed E-state index contributed by atoms with van der Waals surface area (Å²) in [6.45, 7) is 2.21.